The van der Waals surface area contributed by atoms with Crippen LogP contribution in [0, 0.1) is 4.77 Å². The van der Waals surface area contributed by atoms with Gasteiger partial charge in [0.2, 0.25) is 5.91 Å². The predicted octanol–water partition coefficient (Wildman–Crippen LogP) is 0.665. The van der Waals surface area contributed by atoms with Crippen molar-refractivity contribution in [3.63, 3.8) is 0 Å². The Balaban J connectivity index is 2.44. The van der Waals surface area contributed by atoms with Crippen LogP contribution in [-0.4, -0.2) is 42.8 Å². The van der Waals surface area contributed by atoms with Gasteiger partial charge in [0.15, 0.2) is 4.77 Å². The zero-order valence-electron chi connectivity index (χ0n) is 14.0. The van der Waals surface area contributed by atoms with Crippen LogP contribution in [0.1, 0.15) is 0 Å². The van der Waals surface area contributed by atoms with Crippen molar-refractivity contribution in [2.75, 3.05) is 27.3 Å². The van der Waals surface area contributed by atoms with E-state index in [1.165, 1.54) is 6.07 Å². The van der Waals surface area contributed by atoms with E-state index in [-0.39, 0.29) is 16.9 Å². The maximum absolute atomic E-state index is 11.9. The van der Waals surface area contributed by atoms with Crippen molar-refractivity contribution < 1.29 is 14.3 Å². The van der Waals surface area contributed by atoms with Crippen molar-refractivity contribution in [2.24, 2.45) is 5.73 Å². The van der Waals surface area contributed by atoms with Crippen LogP contribution in [0.25, 0.3) is 11.3 Å². The fourth-order valence-corrected chi connectivity index (χ4v) is 2.67. The third-order valence-corrected chi connectivity index (χ3v) is 3.85. The molecule has 0 aliphatic heterocycles. The van der Waals surface area contributed by atoms with Crippen LogP contribution in [0.5, 0.6) is 11.5 Å². The lowest BCUT2D eigenvalue weighted by molar-refractivity contribution is -0.117. The van der Waals surface area contributed by atoms with Gasteiger partial charge in [-0.2, -0.15) is 0 Å². The van der Waals surface area contributed by atoms with Gasteiger partial charge in [0, 0.05) is 30.8 Å². The number of H-pyrrole nitrogens is 1. The summed E-state index contributed by atoms with van der Waals surface area (Å²) in [5.41, 5.74) is 6.11. The van der Waals surface area contributed by atoms with Gasteiger partial charge in [-0.25, -0.2) is 0 Å². The van der Waals surface area contributed by atoms with Gasteiger partial charge >= 0.3 is 0 Å². The smallest absolute Gasteiger partial charge is 0.252 e. The second-order valence-corrected chi connectivity index (χ2v) is 5.57. The van der Waals surface area contributed by atoms with Crippen molar-refractivity contribution in [1.29, 1.82) is 0 Å². The molecule has 25 heavy (non-hydrogen) atoms. The Bertz CT molecular complexity index is 875. The molecule has 0 aliphatic carbocycles. The number of hydrogen-bond donors (Lipinski definition) is 3. The Labute approximate surface area is 149 Å². The molecule has 8 nitrogen and oxygen atoms in total. The summed E-state index contributed by atoms with van der Waals surface area (Å²) < 4.78 is 12.7. The number of carbonyl (C=O) groups excluding carboxylic acids is 1. The van der Waals surface area contributed by atoms with Crippen LogP contribution in [0.2, 0.25) is 0 Å². The molecule has 134 valence electrons. The normalized spacial score (nSPS) is 10.5. The number of carbonyl (C=O) groups is 1. The van der Waals surface area contributed by atoms with Crippen LogP contribution in [0.4, 0.5) is 0 Å². The quantitative estimate of drug-likeness (QED) is 0.469. The Kier molecular flexibility index (Phi) is 6.31. The first-order valence-electron chi connectivity index (χ1n) is 7.52. The Morgan fingerprint density at radius 1 is 1.32 bits per heavy atom. The van der Waals surface area contributed by atoms with Crippen LogP contribution in [0.3, 0.4) is 0 Å². The lowest BCUT2D eigenvalue weighted by Crippen LogP contribution is -2.31. The summed E-state index contributed by atoms with van der Waals surface area (Å²) in [5, 5.41) is 2.92. The molecule has 0 atom stereocenters. The summed E-state index contributed by atoms with van der Waals surface area (Å²) in [6.45, 7) is 0.958. The highest BCUT2D eigenvalue weighted by Crippen LogP contribution is 2.32. The first kappa shape index (κ1) is 18.7. The van der Waals surface area contributed by atoms with Gasteiger partial charge in [-0.1, -0.05) is 0 Å². The number of nitrogens with zero attached hydrogens (tertiary/aromatic N) is 1. The van der Waals surface area contributed by atoms with E-state index in [0.717, 1.165) is 0 Å². The molecule has 0 saturated heterocycles. The number of nitrogens with two attached hydrogens (primary N) is 1. The maximum atomic E-state index is 11.9. The highest BCUT2D eigenvalue weighted by molar-refractivity contribution is 7.71. The summed E-state index contributed by atoms with van der Waals surface area (Å²) >= 11 is 5.28. The second-order valence-electron chi connectivity index (χ2n) is 5.18. The Hall–Kier alpha value is -2.65. The molecule has 0 spiro atoms. The van der Waals surface area contributed by atoms with Crippen molar-refractivity contribution in [1.82, 2.24) is 14.9 Å². The molecule has 1 aromatic carbocycles. The lowest BCUT2D eigenvalue weighted by Gasteiger charge is -2.16. The number of ether oxygens (including phenoxy) is 2. The Morgan fingerprint density at radius 2 is 2.08 bits per heavy atom. The number of amides is 1. The molecular weight excluding hydrogens is 344 g/mol. The van der Waals surface area contributed by atoms with Gasteiger partial charge in [0.05, 0.1) is 26.5 Å². The number of methoxy groups -OCH3 is 2. The van der Waals surface area contributed by atoms with Gasteiger partial charge < -0.3 is 25.1 Å². The molecule has 2 aromatic rings. The molecule has 1 amide bonds. The predicted molar refractivity (Wildman–Crippen MR) is 96.5 cm³/mol. The molecule has 0 radical (unpaired) electrons. The van der Waals surface area contributed by atoms with Crippen LogP contribution < -0.4 is 26.1 Å². The van der Waals surface area contributed by atoms with Crippen LogP contribution in [-0.2, 0) is 11.3 Å². The number of aromatic amines is 1. The van der Waals surface area contributed by atoms with E-state index >= 15 is 0 Å². The minimum absolute atomic E-state index is 0.0673. The van der Waals surface area contributed by atoms with E-state index in [1.54, 1.807) is 37.0 Å². The number of benzene rings is 1. The zero-order chi connectivity index (χ0) is 18.4. The number of rotatable bonds is 8. The lowest BCUT2D eigenvalue weighted by atomic mass is 10.1. The van der Waals surface area contributed by atoms with Gasteiger partial charge in [-0.3, -0.25) is 14.6 Å². The van der Waals surface area contributed by atoms with E-state index in [9.17, 15) is 9.59 Å². The molecule has 0 bridgehead atoms. The molecule has 1 heterocycles. The summed E-state index contributed by atoms with van der Waals surface area (Å²) in [4.78, 5) is 25.3. The minimum atomic E-state index is -0.442. The van der Waals surface area contributed by atoms with Crippen molar-refractivity contribution >= 4 is 18.1 Å². The van der Waals surface area contributed by atoms with E-state index in [1.807, 2.05) is 0 Å². The number of nitrogens with one attached hydrogen (secondary N) is 2. The average molecular weight is 364 g/mol. The maximum Gasteiger partial charge on any atom is 0.252 e. The van der Waals surface area contributed by atoms with Crippen molar-refractivity contribution in [3.8, 4) is 22.8 Å². The van der Waals surface area contributed by atoms with Gasteiger partial charge in [0.25, 0.3) is 5.56 Å². The standard InChI is InChI=1S/C16H20N4O4S/c1-23-10-3-4-11(13(7-10)24-2)12-8-15(22)19-16(25)20(12)6-5-18-9-14(17)21/h3-4,7-8,18H,5-6,9H2,1-2H3,(H2,17,21)(H,19,22,25). The van der Waals surface area contributed by atoms with Gasteiger partial charge in [-0.05, 0) is 24.4 Å². The first-order valence-corrected chi connectivity index (χ1v) is 7.92. The Morgan fingerprint density at radius 3 is 2.72 bits per heavy atom. The molecule has 9 heteroatoms. The first-order chi connectivity index (χ1) is 12.0. The number of primary amides is 1. The fraction of sp³-hybridized carbons (Fsp3) is 0.312. The average Bonchev–Trinajstić information content (AvgIpc) is 2.58. The molecule has 0 unspecified atom stereocenters. The largest absolute Gasteiger partial charge is 0.497 e. The van der Waals surface area contributed by atoms with E-state index in [2.05, 4.69) is 10.3 Å². The second kappa shape index (κ2) is 8.45. The molecule has 0 fully saturated rings. The van der Waals surface area contributed by atoms with Crippen molar-refractivity contribution in [3.05, 3.63) is 39.4 Å². The van der Waals surface area contributed by atoms with E-state index < -0.39 is 5.91 Å². The zero-order valence-corrected chi connectivity index (χ0v) is 14.8. The summed E-state index contributed by atoms with van der Waals surface area (Å²) in [5.74, 6) is 0.749. The molecule has 0 aliphatic rings. The summed E-state index contributed by atoms with van der Waals surface area (Å²) in [6, 6.07) is 6.76. The van der Waals surface area contributed by atoms with E-state index in [0.29, 0.717) is 35.8 Å². The topological polar surface area (TPSA) is 111 Å². The third-order valence-electron chi connectivity index (χ3n) is 3.53. The van der Waals surface area contributed by atoms with Gasteiger partial charge in [0.1, 0.15) is 11.5 Å². The molecular formula is C16H20N4O4S. The summed E-state index contributed by atoms with van der Waals surface area (Å²) in [7, 11) is 3.10. The molecule has 0 saturated carbocycles. The van der Waals surface area contributed by atoms with Crippen molar-refractivity contribution in [2.45, 2.75) is 6.54 Å². The number of hydrogen-bond acceptors (Lipinski definition) is 6. The van der Waals surface area contributed by atoms with Crippen LogP contribution in [0.15, 0.2) is 29.1 Å². The molecule has 4 N–H and O–H groups in total. The minimum Gasteiger partial charge on any atom is -0.497 e. The summed E-state index contributed by atoms with van der Waals surface area (Å²) in [6.07, 6.45) is 0. The highest BCUT2D eigenvalue weighted by atomic mass is 32.1. The van der Waals surface area contributed by atoms with Crippen LogP contribution >= 0.6 is 12.2 Å². The molecule has 1 aromatic heterocycles. The van der Waals surface area contributed by atoms with E-state index in [4.69, 9.17) is 27.4 Å². The SMILES string of the molecule is COc1ccc(-c2cc(=O)[nH]c(=S)n2CCNCC(N)=O)c(OC)c1. The number of aromatic nitrogens is 2. The fourth-order valence-electron chi connectivity index (χ4n) is 2.38. The third kappa shape index (κ3) is 4.68. The molecule has 2 rings (SSSR count). The highest BCUT2D eigenvalue weighted by Gasteiger charge is 2.13. The monoisotopic (exact) mass is 364 g/mol. The van der Waals surface area contributed by atoms with Gasteiger partial charge in [-0.15, -0.1) is 0 Å².